The van der Waals surface area contributed by atoms with Crippen molar-refractivity contribution >= 4 is 10.0 Å². The van der Waals surface area contributed by atoms with Crippen molar-refractivity contribution in [3.63, 3.8) is 0 Å². The predicted molar refractivity (Wildman–Crippen MR) is 88.4 cm³/mol. The lowest BCUT2D eigenvalue weighted by molar-refractivity contribution is -0.185. The number of halogens is 1. The van der Waals surface area contributed by atoms with Gasteiger partial charge in [-0.3, -0.25) is 0 Å². The van der Waals surface area contributed by atoms with E-state index in [0.29, 0.717) is 18.4 Å². The molecule has 0 amide bonds. The van der Waals surface area contributed by atoms with Crippen LogP contribution in [0.3, 0.4) is 0 Å². The quantitative estimate of drug-likeness (QED) is 0.885. The van der Waals surface area contributed by atoms with Crippen molar-refractivity contribution in [2.45, 2.75) is 42.6 Å². The Kier molecular flexibility index (Phi) is 3.97. The predicted octanol–water partition coefficient (Wildman–Crippen LogP) is 2.95. The molecule has 1 aromatic carbocycles. The van der Waals surface area contributed by atoms with E-state index in [4.69, 9.17) is 4.74 Å². The minimum absolute atomic E-state index is 0.0963. The molecule has 4 aliphatic carbocycles. The molecular weight excluding hydrogens is 329 g/mol. The van der Waals surface area contributed by atoms with Gasteiger partial charge < -0.3 is 4.74 Å². The molecular formula is C18H24FNO3S. The van der Waals surface area contributed by atoms with E-state index >= 15 is 0 Å². The molecule has 0 saturated heterocycles. The fourth-order valence-corrected chi connectivity index (χ4v) is 6.66. The highest BCUT2D eigenvalue weighted by Gasteiger charge is 2.57. The van der Waals surface area contributed by atoms with Crippen molar-refractivity contribution in [1.29, 1.82) is 0 Å². The van der Waals surface area contributed by atoms with Gasteiger partial charge in [-0.15, -0.1) is 0 Å². The first-order valence-electron chi connectivity index (χ1n) is 8.73. The number of benzene rings is 1. The summed E-state index contributed by atoms with van der Waals surface area (Å²) in [4.78, 5) is 0.0963. The largest absolute Gasteiger partial charge is 0.376 e. The minimum Gasteiger partial charge on any atom is -0.376 e. The molecule has 0 radical (unpaired) electrons. The molecule has 0 spiro atoms. The van der Waals surface area contributed by atoms with Crippen molar-refractivity contribution in [3.05, 3.63) is 30.1 Å². The van der Waals surface area contributed by atoms with Gasteiger partial charge in [-0.1, -0.05) is 0 Å². The van der Waals surface area contributed by atoms with Gasteiger partial charge in [0.25, 0.3) is 0 Å². The Bertz CT molecular complexity index is 688. The van der Waals surface area contributed by atoms with Crippen molar-refractivity contribution in [2.24, 2.45) is 23.7 Å². The summed E-state index contributed by atoms with van der Waals surface area (Å²) in [5.74, 6) is 2.03. The van der Waals surface area contributed by atoms with Crippen LogP contribution in [0.5, 0.6) is 0 Å². The Hall–Kier alpha value is -0.980. The lowest BCUT2D eigenvalue weighted by Gasteiger charge is -2.60. The van der Waals surface area contributed by atoms with Crippen LogP contribution in [0.15, 0.2) is 29.2 Å². The van der Waals surface area contributed by atoms with E-state index in [1.165, 1.54) is 30.7 Å². The fourth-order valence-electron chi connectivity index (χ4n) is 5.58. The summed E-state index contributed by atoms with van der Waals surface area (Å²) in [6.07, 6.45) is 5.95. The Labute approximate surface area is 142 Å². The second-order valence-corrected chi connectivity index (χ2v) is 9.51. The number of hydrogen-bond acceptors (Lipinski definition) is 3. The van der Waals surface area contributed by atoms with Crippen LogP contribution in [0.1, 0.15) is 32.1 Å². The maximum absolute atomic E-state index is 13.0. The van der Waals surface area contributed by atoms with E-state index in [1.807, 2.05) is 0 Å². The van der Waals surface area contributed by atoms with Crippen molar-refractivity contribution in [3.8, 4) is 0 Å². The van der Waals surface area contributed by atoms with Gasteiger partial charge in [-0.05, 0) is 80.0 Å². The number of nitrogens with one attached hydrogen (secondary N) is 1. The maximum Gasteiger partial charge on any atom is 0.240 e. The number of ether oxygens (including phenoxy) is 1. The van der Waals surface area contributed by atoms with Gasteiger partial charge in [0.2, 0.25) is 10.0 Å². The molecule has 0 unspecified atom stereocenters. The Balaban J connectivity index is 1.54. The Morgan fingerprint density at radius 3 is 2.12 bits per heavy atom. The Morgan fingerprint density at radius 1 is 1.08 bits per heavy atom. The van der Waals surface area contributed by atoms with Crippen LogP contribution in [-0.2, 0) is 14.8 Å². The van der Waals surface area contributed by atoms with Crippen LogP contribution < -0.4 is 4.72 Å². The summed E-state index contributed by atoms with van der Waals surface area (Å²) in [5, 5.41) is 0. The highest BCUT2D eigenvalue weighted by atomic mass is 32.2. The standard InChI is InChI=1S/C18H24FNO3S/c1-23-18(14-7-12-6-13(9-14)10-15(18)8-12)11-20-24(21,22)17-4-2-16(19)3-5-17/h2-5,12-15,20H,6-11H2,1H3. The second kappa shape index (κ2) is 5.78. The second-order valence-electron chi connectivity index (χ2n) is 7.74. The van der Waals surface area contributed by atoms with E-state index in [9.17, 15) is 12.8 Å². The third-order valence-corrected chi connectivity index (χ3v) is 7.98. The average Bonchev–Trinajstić information content (AvgIpc) is 2.55. The summed E-state index contributed by atoms with van der Waals surface area (Å²) >= 11 is 0. The molecule has 132 valence electrons. The summed E-state index contributed by atoms with van der Waals surface area (Å²) < 4.78 is 46.8. The van der Waals surface area contributed by atoms with Crippen LogP contribution in [0.4, 0.5) is 4.39 Å². The molecule has 24 heavy (non-hydrogen) atoms. The molecule has 6 heteroatoms. The normalized spacial score (nSPS) is 37.8. The topological polar surface area (TPSA) is 55.4 Å². The molecule has 4 nitrogen and oxygen atoms in total. The molecule has 0 aromatic heterocycles. The summed E-state index contributed by atoms with van der Waals surface area (Å²) in [6, 6.07) is 4.94. The van der Waals surface area contributed by atoms with Crippen molar-refractivity contribution in [2.75, 3.05) is 13.7 Å². The van der Waals surface area contributed by atoms with Crippen molar-refractivity contribution in [1.82, 2.24) is 4.72 Å². The van der Waals surface area contributed by atoms with Gasteiger partial charge in [0.05, 0.1) is 10.5 Å². The SMILES string of the molecule is COC1(CNS(=O)(=O)c2ccc(F)cc2)C2CC3CC(C2)CC1C3. The molecule has 4 aliphatic rings. The number of hydrogen-bond donors (Lipinski definition) is 1. The zero-order valence-corrected chi connectivity index (χ0v) is 14.7. The third-order valence-electron chi connectivity index (χ3n) is 6.56. The zero-order chi connectivity index (χ0) is 16.9. The number of methoxy groups -OCH3 is 1. The van der Waals surface area contributed by atoms with Gasteiger partial charge in [0.15, 0.2) is 0 Å². The Morgan fingerprint density at radius 2 is 1.62 bits per heavy atom. The average molecular weight is 353 g/mol. The van der Waals surface area contributed by atoms with Crippen LogP contribution in [0, 0.1) is 29.5 Å². The van der Waals surface area contributed by atoms with E-state index in [2.05, 4.69) is 4.72 Å². The summed E-state index contributed by atoms with van der Waals surface area (Å²) in [5.41, 5.74) is -0.388. The molecule has 0 aliphatic heterocycles. The summed E-state index contributed by atoms with van der Waals surface area (Å²) in [6.45, 7) is 0.304. The summed E-state index contributed by atoms with van der Waals surface area (Å²) in [7, 11) is -1.94. The van der Waals surface area contributed by atoms with Crippen LogP contribution in [0.25, 0.3) is 0 Å². The van der Waals surface area contributed by atoms with Crippen LogP contribution >= 0.6 is 0 Å². The highest BCUT2D eigenvalue weighted by molar-refractivity contribution is 7.89. The minimum atomic E-state index is -3.65. The smallest absolute Gasteiger partial charge is 0.240 e. The van der Waals surface area contributed by atoms with E-state index in [1.54, 1.807) is 7.11 Å². The van der Waals surface area contributed by atoms with E-state index in [0.717, 1.165) is 37.5 Å². The molecule has 5 rings (SSSR count). The number of sulfonamides is 1. The molecule has 4 saturated carbocycles. The monoisotopic (exact) mass is 353 g/mol. The highest BCUT2D eigenvalue weighted by Crippen LogP contribution is 2.59. The van der Waals surface area contributed by atoms with Gasteiger partial charge in [-0.2, -0.15) is 0 Å². The van der Waals surface area contributed by atoms with Gasteiger partial charge in [0.1, 0.15) is 5.82 Å². The lowest BCUT2D eigenvalue weighted by atomic mass is 9.50. The first kappa shape index (κ1) is 16.5. The fraction of sp³-hybridized carbons (Fsp3) is 0.667. The van der Waals surface area contributed by atoms with Gasteiger partial charge in [0, 0.05) is 13.7 Å². The van der Waals surface area contributed by atoms with E-state index < -0.39 is 15.8 Å². The van der Waals surface area contributed by atoms with E-state index in [-0.39, 0.29) is 10.5 Å². The van der Waals surface area contributed by atoms with Crippen LogP contribution in [0.2, 0.25) is 0 Å². The van der Waals surface area contributed by atoms with Gasteiger partial charge in [-0.25, -0.2) is 17.5 Å². The molecule has 1 aromatic rings. The third kappa shape index (κ3) is 2.59. The zero-order valence-electron chi connectivity index (χ0n) is 13.9. The molecule has 4 bridgehead atoms. The van der Waals surface area contributed by atoms with Crippen LogP contribution in [-0.4, -0.2) is 27.7 Å². The first-order chi connectivity index (χ1) is 11.4. The first-order valence-corrected chi connectivity index (χ1v) is 10.2. The number of rotatable bonds is 5. The molecule has 1 N–H and O–H groups in total. The van der Waals surface area contributed by atoms with Gasteiger partial charge >= 0.3 is 0 Å². The molecule has 0 heterocycles. The molecule has 0 atom stereocenters. The van der Waals surface area contributed by atoms with Crippen molar-refractivity contribution < 1.29 is 17.5 Å². The lowest BCUT2D eigenvalue weighted by Crippen LogP contribution is -2.63. The maximum atomic E-state index is 13.0. The molecule has 4 fully saturated rings.